The van der Waals surface area contributed by atoms with Gasteiger partial charge in [-0.15, -0.1) is 0 Å². The highest BCUT2D eigenvalue weighted by Gasteiger charge is 1.75. The zero-order valence-corrected chi connectivity index (χ0v) is 7.03. The van der Waals surface area contributed by atoms with E-state index in [1.165, 1.54) is 0 Å². The molecule has 0 saturated heterocycles. The largest absolute Gasteiger partial charge is 0.0978 e. The first kappa shape index (κ1) is 8.52. The van der Waals surface area contributed by atoms with Crippen molar-refractivity contribution in [3.8, 4) is 11.8 Å². The lowest BCUT2D eigenvalue weighted by molar-refractivity contribution is 1.65. The molecule has 0 nitrogen and oxygen atoms in total. The summed E-state index contributed by atoms with van der Waals surface area (Å²) in [6.45, 7) is 5.54. The Balaban J connectivity index is 4.00. The fraction of sp³-hybridized carbons (Fsp3) is 0.250. The van der Waals surface area contributed by atoms with E-state index in [0.29, 0.717) is 0 Å². The van der Waals surface area contributed by atoms with Gasteiger partial charge in [0.05, 0.1) is 5.33 Å². The summed E-state index contributed by atoms with van der Waals surface area (Å²) in [6.07, 6.45) is 3.68. The fourth-order valence-electron chi connectivity index (χ4n) is 0.377. The molecule has 0 aromatic rings. The molecule has 0 rings (SSSR count). The third-order valence-electron chi connectivity index (χ3n) is 0.830. The first-order valence-electron chi connectivity index (χ1n) is 2.68. The highest BCUT2D eigenvalue weighted by molar-refractivity contribution is 9.09. The molecular weight excluding hydrogens is 176 g/mol. The van der Waals surface area contributed by atoms with Crippen LogP contribution < -0.4 is 0 Å². The average molecular weight is 185 g/mol. The maximum atomic E-state index is 3.60. The van der Waals surface area contributed by atoms with Gasteiger partial charge in [0.2, 0.25) is 0 Å². The predicted molar refractivity (Wildman–Crippen MR) is 45.5 cm³/mol. The van der Waals surface area contributed by atoms with Crippen LogP contribution in [0.25, 0.3) is 0 Å². The summed E-state index contributed by atoms with van der Waals surface area (Å²) in [4.78, 5) is 0. The fourth-order valence-corrected chi connectivity index (χ4v) is 0.517. The molecule has 0 amide bonds. The van der Waals surface area contributed by atoms with Crippen LogP contribution in [0.1, 0.15) is 6.92 Å². The third kappa shape index (κ3) is 4.05. The van der Waals surface area contributed by atoms with Crippen molar-refractivity contribution in [1.29, 1.82) is 0 Å². The maximum Gasteiger partial charge on any atom is 0.0649 e. The predicted octanol–water partition coefficient (Wildman–Crippen LogP) is 2.52. The van der Waals surface area contributed by atoms with E-state index in [4.69, 9.17) is 0 Å². The number of alkyl halides is 1. The standard InChI is InChI=1S/C8H9Br/c1-3-8(4-2)6-5-7-9/h3-4H,1,7H2,2H3/b8-4+. The van der Waals surface area contributed by atoms with Crippen LogP contribution in [0.4, 0.5) is 0 Å². The summed E-state index contributed by atoms with van der Waals surface area (Å²) >= 11 is 3.20. The zero-order chi connectivity index (χ0) is 7.11. The summed E-state index contributed by atoms with van der Waals surface area (Å²) in [5.74, 6) is 5.79. The normalized spacial score (nSPS) is 9.78. The SMILES string of the molecule is C=C/C(C#CCBr)=C\C. The minimum Gasteiger partial charge on any atom is -0.0978 e. The Morgan fingerprint density at radius 2 is 2.44 bits per heavy atom. The van der Waals surface area contributed by atoms with E-state index in [1.807, 2.05) is 13.0 Å². The second kappa shape index (κ2) is 5.65. The first-order chi connectivity index (χ1) is 4.35. The van der Waals surface area contributed by atoms with Crippen molar-refractivity contribution in [3.63, 3.8) is 0 Å². The van der Waals surface area contributed by atoms with Crippen molar-refractivity contribution in [1.82, 2.24) is 0 Å². The molecular formula is C8H9Br. The van der Waals surface area contributed by atoms with E-state index in [9.17, 15) is 0 Å². The van der Waals surface area contributed by atoms with Crippen molar-refractivity contribution in [2.45, 2.75) is 6.92 Å². The van der Waals surface area contributed by atoms with Gasteiger partial charge in [0.25, 0.3) is 0 Å². The summed E-state index contributed by atoms with van der Waals surface area (Å²) in [6, 6.07) is 0. The summed E-state index contributed by atoms with van der Waals surface area (Å²) < 4.78 is 0. The molecule has 0 spiro atoms. The summed E-state index contributed by atoms with van der Waals surface area (Å²) in [5.41, 5.74) is 0.981. The minimum atomic E-state index is 0.720. The van der Waals surface area contributed by atoms with Gasteiger partial charge in [0.1, 0.15) is 0 Å². The molecule has 0 aliphatic rings. The molecule has 0 fully saturated rings. The highest BCUT2D eigenvalue weighted by atomic mass is 79.9. The Morgan fingerprint density at radius 1 is 1.78 bits per heavy atom. The molecule has 0 unspecified atom stereocenters. The van der Waals surface area contributed by atoms with Crippen LogP contribution >= 0.6 is 15.9 Å². The molecule has 0 aromatic carbocycles. The monoisotopic (exact) mass is 184 g/mol. The molecule has 0 bridgehead atoms. The topological polar surface area (TPSA) is 0 Å². The molecule has 48 valence electrons. The summed E-state index contributed by atoms with van der Waals surface area (Å²) in [5, 5.41) is 0.720. The molecule has 0 aromatic heterocycles. The van der Waals surface area contributed by atoms with Crippen LogP contribution in [0.3, 0.4) is 0 Å². The number of hydrogen-bond donors (Lipinski definition) is 0. The van der Waals surface area contributed by atoms with Crippen molar-refractivity contribution < 1.29 is 0 Å². The molecule has 9 heavy (non-hydrogen) atoms. The van der Waals surface area contributed by atoms with Crippen LogP contribution in [-0.4, -0.2) is 5.33 Å². The Labute approximate surface area is 64.8 Å². The van der Waals surface area contributed by atoms with E-state index in [2.05, 4.69) is 34.3 Å². The van der Waals surface area contributed by atoms with E-state index in [0.717, 1.165) is 10.9 Å². The van der Waals surface area contributed by atoms with Crippen LogP contribution in [0, 0.1) is 11.8 Å². The van der Waals surface area contributed by atoms with Gasteiger partial charge in [0.15, 0.2) is 0 Å². The Bertz CT molecular complexity index is 167. The molecule has 0 radical (unpaired) electrons. The van der Waals surface area contributed by atoms with Crippen molar-refractivity contribution in [2.24, 2.45) is 0 Å². The van der Waals surface area contributed by atoms with Gasteiger partial charge >= 0.3 is 0 Å². The molecule has 0 N–H and O–H groups in total. The lowest BCUT2D eigenvalue weighted by Crippen LogP contribution is -1.68. The van der Waals surface area contributed by atoms with Crippen LogP contribution in [0.15, 0.2) is 24.3 Å². The lowest BCUT2D eigenvalue weighted by Gasteiger charge is -1.81. The number of hydrogen-bond acceptors (Lipinski definition) is 0. The smallest absolute Gasteiger partial charge is 0.0649 e. The quantitative estimate of drug-likeness (QED) is 0.334. The molecule has 0 heterocycles. The number of halogens is 1. The van der Waals surface area contributed by atoms with Crippen LogP contribution in [-0.2, 0) is 0 Å². The van der Waals surface area contributed by atoms with Gasteiger partial charge in [0, 0.05) is 5.57 Å². The van der Waals surface area contributed by atoms with E-state index in [-0.39, 0.29) is 0 Å². The summed E-state index contributed by atoms with van der Waals surface area (Å²) in [7, 11) is 0. The Morgan fingerprint density at radius 3 is 2.78 bits per heavy atom. The molecule has 0 aliphatic heterocycles. The van der Waals surface area contributed by atoms with Crippen LogP contribution in [0.2, 0.25) is 0 Å². The zero-order valence-electron chi connectivity index (χ0n) is 5.45. The van der Waals surface area contributed by atoms with Gasteiger partial charge < -0.3 is 0 Å². The van der Waals surface area contributed by atoms with Gasteiger partial charge in [-0.1, -0.05) is 46.5 Å². The number of rotatable bonds is 1. The van der Waals surface area contributed by atoms with Gasteiger partial charge in [-0.2, -0.15) is 0 Å². The van der Waals surface area contributed by atoms with E-state index in [1.54, 1.807) is 6.08 Å². The third-order valence-corrected chi connectivity index (χ3v) is 1.11. The van der Waals surface area contributed by atoms with Crippen LogP contribution in [0.5, 0.6) is 0 Å². The van der Waals surface area contributed by atoms with Gasteiger partial charge in [-0.05, 0) is 6.92 Å². The van der Waals surface area contributed by atoms with Crippen molar-refractivity contribution >= 4 is 15.9 Å². The van der Waals surface area contributed by atoms with E-state index >= 15 is 0 Å². The second-order valence-electron chi connectivity index (χ2n) is 1.38. The molecule has 0 saturated carbocycles. The number of allylic oxidation sites excluding steroid dienone is 3. The minimum absolute atomic E-state index is 0.720. The van der Waals surface area contributed by atoms with Gasteiger partial charge in [-0.25, -0.2) is 0 Å². The molecule has 0 aliphatic carbocycles. The van der Waals surface area contributed by atoms with Gasteiger partial charge in [-0.3, -0.25) is 0 Å². The lowest BCUT2D eigenvalue weighted by atomic mass is 10.2. The maximum absolute atomic E-state index is 3.60. The van der Waals surface area contributed by atoms with Crippen molar-refractivity contribution in [3.05, 3.63) is 24.3 Å². The Hall–Kier alpha value is -0.480. The average Bonchev–Trinajstić information content (AvgIpc) is 1.91. The second-order valence-corrected chi connectivity index (χ2v) is 1.94. The molecule has 1 heteroatoms. The molecule has 0 atom stereocenters. The highest BCUT2D eigenvalue weighted by Crippen LogP contribution is 1.90. The Kier molecular flexibility index (Phi) is 5.35. The first-order valence-corrected chi connectivity index (χ1v) is 3.81. The van der Waals surface area contributed by atoms with Crippen molar-refractivity contribution in [2.75, 3.05) is 5.33 Å². The van der Waals surface area contributed by atoms with E-state index < -0.39 is 0 Å².